The minimum absolute atomic E-state index is 0.0482. The van der Waals surface area contributed by atoms with E-state index in [9.17, 15) is 9.59 Å². The molecule has 6 rings (SSSR count). The zero-order valence-electron chi connectivity index (χ0n) is 33.6. The number of carbonyl (C=O) groups is 2. The number of aromatic amines is 1. The Kier molecular flexibility index (Phi) is 13.3. The zero-order chi connectivity index (χ0) is 41.5. The molecule has 3 aromatic heterocycles. The van der Waals surface area contributed by atoms with Gasteiger partial charge in [0.05, 0.1) is 12.0 Å². The van der Waals surface area contributed by atoms with Crippen LogP contribution in [0, 0.1) is 14.8 Å². The lowest BCUT2D eigenvalue weighted by Crippen LogP contribution is -2.36. The highest BCUT2D eigenvalue weighted by Gasteiger charge is 2.35. The van der Waals surface area contributed by atoms with Gasteiger partial charge in [0.2, 0.25) is 0 Å². The Morgan fingerprint density at radius 2 is 1.79 bits per heavy atom. The van der Waals surface area contributed by atoms with E-state index in [0.29, 0.717) is 46.1 Å². The van der Waals surface area contributed by atoms with Crippen LogP contribution < -0.4 is 4.74 Å². The molecule has 11 nitrogen and oxygen atoms in total. The van der Waals surface area contributed by atoms with E-state index in [1.54, 1.807) is 54.1 Å². The lowest BCUT2D eigenvalue weighted by molar-refractivity contribution is -0.137. The van der Waals surface area contributed by atoms with E-state index in [2.05, 4.69) is 71.5 Å². The Morgan fingerprint density at radius 3 is 2.55 bits per heavy atom. The van der Waals surface area contributed by atoms with Crippen LogP contribution in [0.2, 0.25) is 0 Å². The molecule has 3 heterocycles. The number of fused-ring (bicyclic) bond motifs is 1. The van der Waals surface area contributed by atoms with Gasteiger partial charge in [0.15, 0.2) is 23.2 Å². The van der Waals surface area contributed by atoms with Crippen LogP contribution in [0.4, 0.5) is 9.18 Å². The molecule has 0 aliphatic carbocycles. The molecule has 0 radical (unpaired) electrons. The predicted molar refractivity (Wildman–Crippen MR) is 231 cm³/mol. The summed E-state index contributed by atoms with van der Waals surface area (Å²) in [4.78, 5) is 39.4. The second-order valence-corrected chi connectivity index (χ2v) is 16.5. The first-order chi connectivity index (χ1) is 27.8. The van der Waals surface area contributed by atoms with Crippen molar-refractivity contribution >= 4 is 51.6 Å². The van der Waals surface area contributed by atoms with Gasteiger partial charge in [-0.3, -0.25) is 4.98 Å². The van der Waals surface area contributed by atoms with Crippen molar-refractivity contribution < 1.29 is 28.2 Å². The number of carbonyl (C=O) groups excluding carboxylic acids is 2. The number of hydrogen-bond acceptors (Lipinski definition) is 8. The van der Waals surface area contributed by atoms with Crippen molar-refractivity contribution in [1.82, 2.24) is 29.6 Å². The van der Waals surface area contributed by atoms with Gasteiger partial charge in [-0.1, -0.05) is 62.7 Å². The highest BCUT2D eigenvalue weighted by Crippen LogP contribution is 2.40. The number of esters is 1. The Bertz CT molecular complexity index is 2410. The smallest absolute Gasteiger partial charge is 0.409 e. The zero-order valence-corrected chi connectivity index (χ0v) is 35.7. The molecule has 1 atom stereocenters. The van der Waals surface area contributed by atoms with E-state index in [1.807, 2.05) is 43.4 Å². The number of amides is 1. The van der Waals surface area contributed by atoms with E-state index in [1.165, 1.54) is 18.2 Å². The molecule has 58 heavy (non-hydrogen) atoms. The van der Waals surface area contributed by atoms with Gasteiger partial charge in [-0.25, -0.2) is 23.6 Å². The maximum absolute atomic E-state index is 15.6. The van der Waals surface area contributed by atoms with Gasteiger partial charge in [0.25, 0.3) is 0 Å². The number of nitrogens with one attached hydrogen (secondary N) is 1. The number of rotatable bonds is 16. The number of ether oxygens (including phenoxy) is 3. The van der Waals surface area contributed by atoms with Crippen molar-refractivity contribution in [3.63, 3.8) is 0 Å². The minimum atomic E-state index is -0.608. The molecule has 1 amide bonds. The molecule has 302 valence electrons. The SMILES string of the molecule is CCOC(=O)/C=C/c1c(Oc2ccnc(-c3nc([C@](C)(CCCC(C)(C)CN(C)C(=O)OCc4ccccc4)c4cccc(I)c4)nn3C)c2)c(F)cc2[nH]ccc12. The average Bonchev–Trinajstić information content (AvgIpc) is 3.83. The first kappa shape index (κ1) is 42.0. The van der Waals surface area contributed by atoms with Crippen molar-refractivity contribution in [2.45, 2.75) is 59.0 Å². The highest BCUT2D eigenvalue weighted by atomic mass is 127. The molecule has 0 bridgehead atoms. The Balaban J connectivity index is 1.22. The third kappa shape index (κ3) is 10.1. The molecule has 0 unspecified atom stereocenters. The second-order valence-electron chi connectivity index (χ2n) is 15.2. The lowest BCUT2D eigenvalue weighted by Gasteiger charge is -2.32. The largest absolute Gasteiger partial charge is 0.463 e. The maximum atomic E-state index is 15.6. The predicted octanol–water partition coefficient (Wildman–Crippen LogP) is 10.2. The van der Waals surface area contributed by atoms with Gasteiger partial charge in [-0.15, -0.1) is 0 Å². The summed E-state index contributed by atoms with van der Waals surface area (Å²) in [5.74, 6) is 0.269. The first-order valence-electron chi connectivity index (χ1n) is 19.1. The Hall–Kier alpha value is -5.57. The van der Waals surface area contributed by atoms with Crippen LogP contribution in [0.5, 0.6) is 11.5 Å². The molecule has 0 aliphatic rings. The third-order valence-corrected chi connectivity index (χ3v) is 10.8. The van der Waals surface area contributed by atoms with Crippen molar-refractivity contribution in [2.75, 3.05) is 20.2 Å². The van der Waals surface area contributed by atoms with E-state index in [0.717, 1.165) is 34.0 Å². The van der Waals surface area contributed by atoms with Crippen molar-refractivity contribution in [2.24, 2.45) is 12.5 Å². The fourth-order valence-corrected chi connectivity index (χ4v) is 7.64. The fraction of sp³-hybridized carbons (Fsp3) is 0.311. The Labute approximate surface area is 351 Å². The topological polar surface area (TPSA) is 124 Å². The molecule has 0 saturated carbocycles. The normalized spacial score (nSPS) is 12.8. The monoisotopic (exact) mass is 898 g/mol. The van der Waals surface area contributed by atoms with Crippen molar-refractivity contribution in [3.05, 3.63) is 129 Å². The summed E-state index contributed by atoms with van der Waals surface area (Å²) < 4.78 is 35.3. The quantitative estimate of drug-likeness (QED) is 0.0579. The number of pyridine rings is 1. The number of hydrogen-bond donors (Lipinski definition) is 1. The molecule has 0 saturated heterocycles. The van der Waals surface area contributed by atoms with Crippen LogP contribution in [-0.2, 0) is 33.3 Å². The maximum Gasteiger partial charge on any atom is 0.409 e. The molecular formula is C45H48FIN6O5. The average molecular weight is 899 g/mol. The summed E-state index contributed by atoms with van der Waals surface area (Å²) in [6, 6.07) is 24.5. The molecule has 0 fully saturated rings. The first-order valence-corrected chi connectivity index (χ1v) is 20.2. The van der Waals surface area contributed by atoms with Gasteiger partial charge < -0.3 is 24.1 Å². The van der Waals surface area contributed by atoms with Crippen LogP contribution in [0.1, 0.15) is 69.5 Å². The number of aromatic nitrogens is 5. The van der Waals surface area contributed by atoms with Crippen LogP contribution in [0.25, 0.3) is 28.5 Å². The molecule has 1 N–H and O–H groups in total. The molecule has 13 heteroatoms. The van der Waals surface area contributed by atoms with Gasteiger partial charge >= 0.3 is 12.1 Å². The highest BCUT2D eigenvalue weighted by molar-refractivity contribution is 14.1. The van der Waals surface area contributed by atoms with Crippen LogP contribution in [0.15, 0.2) is 97.3 Å². The van der Waals surface area contributed by atoms with E-state index < -0.39 is 17.2 Å². The van der Waals surface area contributed by atoms with E-state index in [-0.39, 0.29) is 30.5 Å². The molecule has 0 spiro atoms. The van der Waals surface area contributed by atoms with Crippen LogP contribution in [-0.4, -0.2) is 61.9 Å². The minimum Gasteiger partial charge on any atom is -0.463 e. The summed E-state index contributed by atoms with van der Waals surface area (Å²) in [6.07, 6.45) is 8.08. The number of aryl methyl sites for hydroxylation is 1. The summed E-state index contributed by atoms with van der Waals surface area (Å²) in [5.41, 5.74) is 2.68. The lowest BCUT2D eigenvalue weighted by atomic mass is 9.75. The number of nitrogens with zero attached hydrogens (tertiary/aromatic N) is 5. The van der Waals surface area contributed by atoms with Crippen LogP contribution in [0.3, 0.4) is 0 Å². The van der Waals surface area contributed by atoms with E-state index in [4.69, 9.17) is 24.3 Å². The summed E-state index contributed by atoms with van der Waals surface area (Å²) in [6.45, 7) is 9.18. The number of halogens is 2. The molecule has 6 aromatic rings. The summed E-state index contributed by atoms with van der Waals surface area (Å²) in [5, 5.41) is 5.64. The van der Waals surface area contributed by atoms with Crippen LogP contribution >= 0.6 is 22.6 Å². The molecular weight excluding hydrogens is 850 g/mol. The molecule has 0 aliphatic heterocycles. The van der Waals surface area contributed by atoms with Gasteiger partial charge in [-0.05, 0) is 96.2 Å². The summed E-state index contributed by atoms with van der Waals surface area (Å²) >= 11 is 2.32. The standard InChI is InChI=1S/C45H48FIN6O5/c1-7-56-39(54)18-17-35-34-20-24-48-37(34)27-36(46)40(35)58-33-19-23-49-38(26-33)41-50-42(51-53(41)6)45(4,31-15-11-16-32(47)25-31)22-12-21-44(2,3)29-52(5)43(55)57-28-30-13-9-8-10-14-30/h8-11,13-20,23-27,48H,7,12,21-22,28-29H2,1-6H3/b18-17+/t45-/m1/s1. The summed E-state index contributed by atoms with van der Waals surface area (Å²) in [7, 11) is 3.60. The van der Waals surface area contributed by atoms with Gasteiger partial charge in [0.1, 0.15) is 18.1 Å². The second kappa shape index (κ2) is 18.3. The number of H-pyrrole nitrogens is 1. The Morgan fingerprint density at radius 1 is 1.00 bits per heavy atom. The van der Waals surface area contributed by atoms with Crippen molar-refractivity contribution in [1.29, 1.82) is 0 Å². The molecule has 3 aromatic carbocycles. The van der Waals surface area contributed by atoms with Gasteiger partial charge in [0, 0.05) is 71.3 Å². The van der Waals surface area contributed by atoms with E-state index >= 15 is 4.39 Å². The van der Waals surface area contributed by atoms with Gasteiger partial charge in [-0.2, -0.15) is 5.10 Å². The number of benzene rings is 3. The third-order valence-electron chi connectivity index (χ3n) is 10.1. The fourth-order valence-electron chi connectivity index (χ4n) is 7.10. The van der Waals surface area contributed by atoms with Crippen molar-refractivity contribution in [3.8, 4) is 23.0 Å².